The van der Waals surface area contributed by atoms with Gasteiger partial charge in [0.25, 0.3) is 5.91 Å². The number of alkyl halides is 3. The van der Waals surface area contributed by atoms with Gasteiger partial charge in [-0.25, -0.2) is 9.97 Å². The molecule has 1 fully saturated rings. The van der Waals surface area contributed by atoms with Gasteiger partial charge in [0.2, 0.25) is 0 Å². The lowest BCUT2D eigenvalue weighted by Crippen LogP contribution is -2.27. The first-order valence-corrected chi connectivity index (χ1v) is 8.96. The molecule has 0 radical (unpaired) electrons. The number of aromatic nitrogens is 2. The lowest BCUT2D eigenvalue weighted by Gasteiger charge is -2.15. The summed E-state index contributed by atoms with van der Waals surface area (Å²) in [7, 11) is 0. The number of amides is 1. The summed E-state index contributed by atoms with van der Waals surface area (Å²) in [6.07, 6.45) is 0.830. The first-order valence-electron chi connectivity index (χ1n) is 8.96. The number of halogens is 3. The Kier molecular flexibility index (Phi) is 6.01. The molecule has 0 spiro atoms. The Balaban J connectivity index is 1.55. The van der Waals surface area contributed by atoms with E-state index in [1.165, 1.54) is 25.0 Å². The van der Waals surface area contributed by atoms with Crippen molar-refractivity contribution in [3.63, 3.8) is 0 Å². The van der Waals surface area contributed by atoms with Crippen molar-refractivity contribution in [3.8, 4) is 5.75 Å². The molecule has 2 aromatic rings. The van der Waals surface area contributed by atoms with Gasteiger partial charge in [-0.15, -0.1) is 0 Å². The van der Waals surface area contributed by atoms with Crippen molar-refractivity contribution in [2.45, 2.75) is 32.0 Å². The van der Waals surface area contributed by atoms with Gasteiger partial charge in [0.1, 0.15) is 17.3 Å². The molecule has 2 N–H and O–H groups in total. The number of carbonyl (C=O) groups is 1. The average molecular weight is 394 g/mol. The minimum absolute atomic E-state index is 0.0533. The van der Waals surface area contributed by atoms with Crippen LogP contribution in [0, 0.1) is 5.92 Å². The minimum atomic E-state index is -4.43. The highest BCUT2D eigenvalue weighted by molar-refractivity contribution is 5.92. The van der Waals surface area contributed by atoms with Crippen molar-refractivity contribution in [1.29, 1.82) is 0 Å². The van der Waals surface area contributed by atoms with Gasteiger partial charge >= 0.3 is 6.18 Å². The summed E-state index contributed by atoms with van der Waals surface area (Å²) in [6, 6.07) is 6.01. The summed E-state index contributed by atoms with van der Waals surface area (Å²) in [5, 5.41) is 6.10. The van der Waals surface area contributed by atoms with Gasteiger partial charge in [0.15, 0.2) is 6.61 Å². The number of hydrogen-bond donors (Lipinski definition) is 2. The van der Waals surface area contributed by atoms with Gasteiger partial charge < -0.3 is 15.4 Å². The second-order valence-electron chi connectivity index (χ2n) is 6.78. The molecule has 2 heterocycles. The third-order valence-electron chi connectivity index (χ3n) is 4.27. The zero-order chi connectivity index (χ0) is 20.1. The van der Waals surface area contributed by atoms with Crippen LogP contribution in [0.5, 0.6) is 5.75 Å². The summed E-state index contributed by atoms with van der Waals surface area (Å²) in [5.74, 6) is 0.994. The molecule has 1 saturated carbocycles. The van der Waals surface area contributed by atoms with Crippen molar-refractivity contribution in [2.75, 3.05) is 18.5 Å². The Morgan fingerprint density at radius 3 is 2.71 bits per heavy atom. The van der Waals surface area contributed by atoms with Crippen LogP contribution in [-0.2, 0) is 0 Å². The highest BCUT2D eigenvalue weighted by atomic mass is 19.4. The predicted molar refractivity (Wildman–Crippen MR) is 97.1 cm³/mol. The van der Waals surface area contributed by atoms with Crippen LogP contribution in [0.2, 0.25) is 0 Å². The molecule has 1 unspecified atom stereocenters. The fourth-order valence-corrected chi connectivity index (χ4v) is 2.50. The van der Waals surface area contributed by atoms with Crippen molar-refractivity contribution >= 4 is 11.7 Å². The van der Waals surface area contributed by atoms with E-state index in [0.29, 0.717) is 0 Å². The number of anilines is 1. The number of ether oxygens (including phenoxy) is 1. The smallest absolute Gasteiger partial charge is 0.422 e. The van der Waals surface area contributed by atoms with Crippen LogP contribution >= 0.6 is 0 Å². The van der Waals surface area contributed by atoms with Crippen molar-refractivity contribution in [3.05, 3.63) is 47.9 Å². The summed E-state index contributed by atoms with van der Waals surface area (Å²) in [4.78, 5) is 20.5. The molecule has 1 aliphatic rings. The lowest BCUT2D eigenvalue weighted by atomic mass is 10.1. The topological polar surface area (TPSA) is 76.1 Å². The number of pyridine rings is 2. The molecule has 6 nitrogen and oxygen atoms in total. The van der Waals surface area contributed by atoms with E-state index in [0.717, 1.165) is 30.0 Å². The lowest BCUT2D eigenvalue weighted by molar-refractivity contribution is -0.153. The summed E-state index contributed by atoms with van der Waals surface area (Å²) in [6.45, 7) is 1.32. The molecule has 3 rings (SSSR count). The zero-order valence-electron chi connectivity index (χ0n) is 15.3. The Morgan fingerprint density at radius 1 is 1.29 bits per heavy atom. The van der Waals surface area contributed by atoms with Crippen LogP contribution in [0.4, 0.5) is 19.0 Å². The van der Waals surface area contributed by atoms with Gasteiger partial charge in [0.05, 0.1) is 12.2 Å². The molecule has 1 aliphatic carbocycles. The van der Waals surface area contributed by atoms with E-state index in [2.05, 4.69) is 25.3 Å². The van der Waals surface area contributed by atoms with Crippen LogP contribution in [0.25, 0.3) is 0 Å². The molecule has 2 aromatic heterocycles. The summed E-state index contributed by atoms with van der Waals surface area (Å²) < 4.78 is 41.0. The molecule has 1 atom stereocenters. The highest BCUT2D eigenvalue weighted by Gasteiger charge is 2.28. The second-order valence-corrected chi connectivity index (χ2v) is 6.78. The summed E-state index contributed by atoms with van der Waals surface area (Å²) in [5.41, 5.74) is 0.971. The molecule has 0 bridgehead atoms. The van der Waals surface area contributed by atoms with E-state index in [9.17, 15) is 18.0 Å². The number of rotatable bonds is 8. The van der Waals surface area contributed by atoms with Gasteiger partial charge in [-0.2, -0.15) is 13.2 Å². The third kappa shape index (κ3) is 6.11. The SMILES string of the molecule is CC(NC(=O)c1ccc(OCC(F)(F)F)cn1)c1ccnc(NCC2CC2)c1. The predicted octanol–water partition coefficient (Wildman–Crippen LogP) is 3.73. The van der Waals surface area contributed by atoms with Crippen LogP contribution in [0.3, 0.4) is 0 Å². The molecule has 0 aromatic carbocycles. The quantitative estimate of drug-likeness (QED) is 0.714. The molecule has 0 aliphatic heterocycles. The Hall–Kier alpha value is -2.84. The molecular weight excluding hydrogens is 373 g/mol. The molecular formula is C19H21F3N4O2. The van der Waals surface area contributed by atoms with Gasteiger partial charge in [-0.1, -0.05) is 0 Å². The van der Waals surface area contributed by atoms with Crippen LogP contribution in [0.1, 0.15) is 41.9 Å². The standard InChI is InChI=1S/C19H21F3N4O2/c1-12(14-6-7-23-17(8-14)25-9-13-2-3-13)26-18(27)16-5-4-15(10-24-16)28-11-19(20,21)22/h4-8,10,12-13H,2-3,9,11H2,1H3,(H,23,25)(H,26,27). The van der Waals surface area contributed by atoms with E-state index in [1.807, 2.05) is 19.1 Å². The van der Waals surface area contributed by atoms with Crippen LogP contribution in [-0.4, -0.2) is 35.2 Å². The van der Waals surface area contributed by atoms with E-state index >= 15 is 0 Å². The van der Waals surface area contributed by atoms with Gasteiger partial charge in [-0.3, -0.25) is 4.79 Å². The minimum Gasteiger partial charge on any atom is -0.483 e. The second kappa shape index (κ2) is 8.45. The number of carbonyl (C=O) groups excluding carboxylic acids is 1. The number of nitrogens with one attached hydrogen (secondary N) is 2. The van der Waals surface area contributed by atoms with E-state index in [-0.39, 0.29) is 17.5 Å². The van der Waals surface area contributed by atoms with Gasteiger partial charge in [-0.05, 0) is 55.5 Å². The van der Waals surface area contributed by atoms with Crippen LogP contribution < -0.4 is 15.4 Å². The Bertz CT molecular complexity index is 808. The number of hydrogen-bond acceptors (Lipinski definition) is 5. The fourth-order valence-electron chi connectivity index (χ4n) is 2.50. The maximum atomic E-state index is 12.3. The molecule has 9 heteroatoms. The van der Waals surface area contributed by atoms with E-state index in [4.69, 9.17) is 0 Å². The highest BCUT2D eigenvalue weighted by Crippen LogP contribution is 2.29. The van der Waals surface area contributed by atoms with E-state index < -0.39 is 18.7 Å². The largest absolute Gasteiger partial charge is 0.483 e. The molecule has 150 valence electrons. The molecule has 1 amide bonds. The first-order chi connectivity index (χ1) is 13.3. The van der Waals surface area contributed by atoms with E-state index in [1.54, 1.807) is 6.20 Å². The third-order valence-corrected chi connectivity index (χ3v) is 4.27. The first kappa shape index (κ1) is 19.9. The monoisotopic (exact) mass is 394 g/mol. The normalized spacial score (nSPS) is 15.0. The molecule has 0 saturated heterocycles. The zero-order valence-corrected chi connectivity index (χ0v) is 15.3. The Labute approximate surface area is 160 Å². The maximum Gasteiger partial charge on any atom is 0.422 e. The van der Waals surface area contributed by atoms with Crippen molar-refractivity contribution in [1.82, 2.24) is 15.3 Å². The van der Waals surface area contributed by atoms with Gasteiger partial charge in [0, 0.05) is 12.7 Å². The maximum absolute atomic E-state index is 12.3. The van der Waals surface area contributed by atoms with Crippen molar-refractivity contribution < 1.29 is 22.7 Å². The average Bonchev–Trinajstić information content (AvgIpc) is 3.49. The van der Waals surface area contributed by atoms with Crippen LogP contribution in [0.15, 0.2) is 36.7 Å². The fraction of sp³-hybridized carbons (Fsp3) is 0.421. The molecule has 28 heavy (non-hydrogen) atoms. The number of nitrogens with zero attached hydrogens (tertiary/aromatic N) is 2. The Morgan fingerprint density at radius 2 is 2.07 bits per heavy atom. The summed E-state index contributed by atoms with van der Waals surface area (Å²) >= 11 is 0. The van der Waals surface area contributed by atoms with Crippen molar-refractivity contribution in [2.24, 2.45) is 5.92 Å².